The maximum Gasteiger partial charge on any atom is 0.251 e. The Kier molecular flexibility index (Phi) is 6.32. The lowest BCUT2D eigenvalue weighted by Crippen LogP contribution is -2.40. The summed E-state index contributed by atoms with van der Waals surface area (Å²) in [7, 11) is -3.61. The average molecular weight is 458 g/mol. The Labute approximate surface area is 188 Å². The molecule has 8 nitrogen and oxygen atoms in total. The van der Waals surface area contributed by atoms with Crippen LogP contribution in [0.15, 0.2) is 47.4 Å². The van der Waals surface area contributed by atoms with Crippen LogP contribution in [0.1, 0.15) is 27.9 Å². The van der Waals surface area contributed by atoms with Gasteiger partial charge in [0.15, 0.2) is 0 Å². The van der Waals surface area contributed by atoms with Crippen LogP contribution in [0.4, 0.5) is 5.69 Å². The third-order valence-electron chi connectivity index (χ3n) is 5.99. The zero-order valence-corrected chi connectivity index (χ0v) is 19.0. The molecule has 170 valence electrons. The van der Waals surface area contributed by atoms with E-state index in [0.717, 1.165) is 16.8 Å². The van der Waals surface area contributed by atoms with Gasteiger partial charge < -0.3 is 15.0 Å². The monoisotopic (exact) mass is 457 g/mol. The summed E-state index contributed by atoms with van der Waals surface area (Å²) in [6.07, 6.45) is 0.224. The van der Waals surface area contributed by atoms with Crippen molar-refractivity contribution < 1.29 is 22.7 Å². The molecule has 1 atom stereocenters. The first-order valence-electron chi connectivity index (χ1n) is 10.6. The van der Waals surface area contributed by atoms with Crippen molar-refractivity contribution in [2.45, 2.75) is 31.2 Å². The SMILES string of the molecule is Cc1ccc(N2C[C@H](NC(=O)c3ccc(S(=O)(=O)N4CCOCC4)cc3)CC2=O)cc1C. The molecule has 2 aromatic carbocycles. The van der Waals surface area contributed by atoms with Crippen molar-refractivity contribution >= 4 is 27.5 Å². The molecule has 2 saturated heterocycles. The van der Waals surface area contributed by atoms with Crippen LogP contribution in [0, 0.1) is 13.8 Å². The van der Waals surface area contributed by atoms with Crippen molar-refractivity contribution in [1.29, 1.82) is 0 Å². The van der Waals surface area contributed by atoms with Crippen molar-refractivity contribution in [1.82, 2.24) is 9.62 Å². The van der Waals surface area contributed by atoms with Crippen LogP contribution in [-0.2, 0) is 19.6 Å². The lowest BCUT2D eigenvalue weighted by Gasteiger charge is -2.26. The minimum Gasteiger partial charge on any atom is -0.379 e. The Balaban J connectivity index is 1.41. The van der Waals surface area contributed by atoms with E-state index >= 15 is 0 Å². The van der Waals surface area contributed by atoms with Crippen LogP contribution in [0.3, 0.4) is 0 Å². The van der Waals surface area contributed by atoms with Crippen LogP contribution < -0.4 is 10.2 Å². The highest BCUT2D eigenvalue weighted by Crippen LogP contribution is 2.24. The first-order chi connectivity index (χ1) is 15.3. The summed E-state index contributed by atoms with van der Waals surface area (Å²) >= 11 is 0. The van der Waals surface area contributed by atoms with Gasteiger partial charge in [-0.15, -0.1) is 0 Å². The molecule has 0 spiro atoms. The molecule has 2 aromatic rings. The van der Waals surface area contributed by atoms with E-state index in [1.54, 1.807) is 4.90 Å². The molecule has 32 heavy (non-hydrogen) atoms. The predicted molar refractivity (Wildman–Crippen MR) is 120 cm³/mol. The average Bonchev–Trinajstić information content (AvgIpc) is 3.16. The van der Waals surface area contributed by atoms with E-state index in [2.05, 4.69) is 5.32 Å². The summed E-state index contributed by atoms with van der Waals surface area (Å²) in [5.41, 5.74) is 3.44. The quantitative estimate of drug-likeness (QED) is 0.739. The van der Waals surface area contributed by atoms with Crippen molar-refractivity contribution in [2.24, 2.45) is 0 Å². The fraction of sp³-hybridized carbons (Fsp3) is 0.391. The minimum atomic E-state index is -3.61. The van der Waals surface area contributed by atoms with Crippen molar-refractivity contribution in [3.8, 4) is 0 Å². The number of amides is 2. The van der Waals surface area contributed by atoms with E-state index in [9.17, 15) is 18.0 Å². The van der Waals surface area contributed by atoms with Gasteiger partial charge in [0, 0.05) is 37.3 Å². The number of aryl methyl sites for hydroxylation is 2. The maximum atomic E-state index is 12.7. The number of hydrogen-bond donors (Lipinski definition) is 1. The summed E-state index contributed by atoms with van der Waals surface area (Å²) in [5, 5.41) is 2.90. The highest BCUT2D eigenvalue weighted by Gasteiger charge is 2.32. The van der Waals surface area contributed by atoms with Crippen LogP contribution in [0.5, 0.6) is 0 Å². The predicted octanol–water partition coefficient (Wildman–Crippen LogP) is 1.86. The lowest BCUT2D eigenvalue weighted by atomic mass is 10.1. The molecule has 0 aromatic heterocycles. The zero-order valence-electron chi connectivity index (χ0n) is 18.2. The second kappa shape index (κ2) is 9.01. The third kappa shape index (κ3) is 4.55. The van der Waals surface area contributed by atoms with Gasteiger partial charge >= 0.3 is 0 Å². The molecule has 0 saturated carbocycles. The van der Waals surface area contributed by atoms with Crippen LogP contribution in [0.2, 0.25) is 0 Å². The molecule has 0 radical (unpaired) electrons. The third-order valence-corrected chi connectivity index (χ3v) is 7.90. The zero-order chi connectivity index (χ0) is 22.9. The van der Waals surface area contributed by atoms with E-state index in [4.69, 9.17) is 4.74 Å². The molecular formula is C23H27N3O5S. The number of anilines is 1. The van der Waals surface area contributed by atoms with Gasteiger partial charge in [0.1, 0.15) is 0 Å². The number of morpholine rings is 1. The minimum absolute atomic E-state index is 0.0366. The van der Waals surface area contributed by atoms with Gasteiger partial charge in [0.2, 0.25) is 15.9 Å². The van der Waals surface area contributed by atoms with Gasteiger partial charge in [-0.05, 0) is 61.4 Å². The summed E-state index contributed by atoms with van der Waals surface area (Å²) < 4.78 is 32.0. The molecule has 4 rings (SSSR count). The first-order valence-corrected chi connectivity index (χ1v) is 12.1. The molecular weight excluding hydrogens is 430 g/mol. The smallest absolute Gasteiger partial charge is 0.251 e. The van der Waals surface area contributed by atoms with Gasteiger partial charge in [-0.1, -0.05) is 6.07 Å². The normalized spacial score (nSPS) is 19.9. The highest BCUT2D eigenvalue weighted by atomic mass is 32.2. The van der Waals surface area contributed by atoms with Gasteiger partial charge in [-0.25, -0.2) is 8.42 Å². The second-order valence-electron chi connectivity index (χ2n) is 8.19. The lowest BCUT2D eigenvalue weighted by molar-refractivity contribution is -0.117. The number of ether oxygens (including phenoxy) is 1. The molecule has 0 unspecified atom stereocenters. The molecule has 2 fully saturated rings. The van der Waals surface area contributed by atoms with Crippen LogP contribution >= 0.6 is 0 Å². The summed E-state index contributed by atoms with van der Waals surface area (Å²) in [4.78, 5) is 27.0. The number of nitrogens with zero attached hydrogens (tertiary/aromatic N) is 2. The molecule has 0 aliphatic carbocycles. The molecule has 2 aliphatic rings. The van der Waals surface area contributed by atoms with Crippen molar-refractivity contribution in [2.75, 3.05) is 37.7 Å². The van der Waals surface area contributed by atoms with Crippen LogP contribution in [-0.4, -0.2) is 63.4 Å². The van der Waals surface area contributed by atoms with Gasteiger partial charge in [-0.2, -0.15) is 4.31 Å². The fourth-order valence-corrected chi connectivity index (χ4v) is 5.34. The molecule has 2 amide bonds. The fourth-order valence-electron chi connectivity index (χ4n) is 3.93. The molecule has 2 aliphatic heterocycles. The Hall–Kier alpha value is -2.75. The Morgan fingerprint density at radius 1 is 1.03 bits per heavy atom. The van der Waals surface area contributed by atoms with E-state index in [1.807, 2.05) is 32.0 Å². The highest BCUT2D eigenvalue weighted by molar-refractivity contribution is 7.89. The second-order valence-corrected chi connectivity index (χ2v) is 10.1. The molecule has 0 bridgehead atoms. The number of carbonyl (C=O) groups is 2. The largest absolute Gasteiger partial charge is 0.379 e. The molecule has 9 heteroatoms. The molecule has 2 heterocycles. The Bertz CT molecular complexity index is 1120. The van der Waals surface area contributed by atoms with E-state index in [-0.39, 0.29) is 29.2 Å². The number of nitrogens with one attached hydrogen (secondary N) is 1. The summed E-state index contributed by atoms with van der Waals surface area (Å²) in [6.45, 7) is 5.80. The van der Waals surface area contributed by atoms with Gasteiger partial charge in [0.05, 0.1) is 24.2 Å². The maximum absolute atomic E-state index is 12.7. The van der Waals surface area contributed by atoms with Crippen molar-refractivity contribution in [3.63, 3.8) is 0 Å². The number of carbonyl (C=O) groups excluding carboxylic acids is 2. The topological polar surface area (TPSA) is 96.0 Å². The van der Waals surface area contributed by atoms with E-state index in [1.165, 1.54) is 28.6 Å². The van der Waals surface area contributed by atoms with E-state index in [0.29, 0.717) is 38.4 Å². The summed E-state index contributed by atoms with van der Waals surface area (Å²) in [5.74, 6) is -0.370. The van der Waals surface area contributed by atoms with E-state index < -0.39 is 10.0 Å². The number of benzene rings is 2. The van der Waals surface area contributed by atoms with Gasteiger partial charge in [-0.3, -0.25) is 9.59 Å². The Morgan fingerprint density at radius 2 is 1.72 bits per heavy atom. The molecule has 1 N–H and O–H groups in total. The number of hydrogen-bond acceptors (Lipinski definition) is 5. The Morgan fingerprint density at radius 3 is 2.38 bits per heavy atom. The van der Waals surface area contributed by atoms with Gasteiger partial charge in [0.25, 0.3) is 5.91 Å². The number of rotatable bonds is 5. The summed E-state index contributed by atoms with van der Waals surface area (Å²) in [6, 6.07) is 11.5. The first kappa shape index (κ1) is 22.4. The number of sulfonamides is 1. The standard InChI is InChI=1S/C23H27N3O5S/c1-16-3-6-20(13-17(16)2)26-15-19(14-22(26)27)24-23(28)18-4-7-21(8-5-18)32(29,30)25-9-11-31-12-10-25/h3-8,13,19H,9-12,14-15H2,1-2H3,(H,24,28)/t19-/m1/s1. The van der Waals surface area contributed by atoms with Crippen molar-refractivity contribution in [3.05, 3.63) is 59.2 Å². The van der Waals surface area contributed by atoms with Crippen LogP contribution in [0.25, 0.3) is 0 Å².